The number of carbonyl (C=O) groups is 1. The minimum absolute atomic E-state index is 0.00553. The van der Waals surface area contributed by atoms with Crippen LogP contribution in [0, 0.1) is 0 Å². The largest absolute Gasteiger partial charge is 0.417 e. The van der Waals surface area contributed by atoms with Crippen LogP contribution < -0.4 is 10.3 Å². The van der Waals surface area contributed by atoms with E-state index in [-0.39, 0.29) is 22.6 Å². The lowest BCUT2D eigenvalue weighted by Gasteiger charge is -2.11. The van der Waals surface area contributed by atoms with Gasteiger partial charge in [-0.25, -0.2) is 4.68 Å². The first kappa shape index (κ1) is 16.7. The number of fused-ring (bicyclic) bond motifs is 1. The third kappa shape index (κ3) is 3.25. The molecule has 9 heteroatoms. The van der Waals surface area contributed by atoms with Crippen LogP contribution in [0.5, 0.6) is 5.88 Å². The van der Waals surface area contributed by atoms with Crippen molar-refractivity contribution in [3.8, 4) is 17.1 Å². The number of halogens is 3. The molecule has 1 aromatic carbocycles. The van der Waals surface area contributed by atoms with E-state index in [1.807, 2.05) is 5.48 Å². The number of hydrogen-bond acceptors (Lipinski definition) is 4. The summed E-state index contributed by atoms with van der Waals surface area (Å²) >= 11 is 0. The van der Waals surface area contributed by atoms with Crippen molar-refractivity contribution in [3.63, 3.8) is 0 Å². The van der Waals surface area contributed by atoms with Gasteiger partial charge in [0.2, 0.25) is 11.8 Å². The summed E-state index contributed by atoms with van der Waals surface area (Å²) in [6.07, 6.45) is -4.65. The van der Waals surface area contributed by atoms with Gasteiger partial charge in [0.1, 0.15) is 5.69 Å². The summed E-state index contributed by atoms with van der Waals surface area (Å²) in [5.74, 6) is -0.942. The molecule has 0 bridgehead atoms. The number of nitrogens with zero attached hydrogens (tertiary/aromatic N) is 3. The van der Waals surface area contributed by atoms with Crippen molar-refractivity contribution in [2.45, 2.75) is 13.1 Å². The van der Waals surface area contributed by atoms with E-state index < -0.39 is 17.6 Å². The van der Waals surface area contributed by atoms with Crippen LogP contribution in [0.3, 0.4) is 0 Å². The molecule has 0 aliphatic carbocycles. The Morgan fingerprint density at radius 3 is 2.52 bits per heavy atom. The molecule has 0 aliphatic rings. The summed E-state index contributed by atoms with van der Waals surface area (Å²) in [6, 6.07) is 9.27. The Kier molecular flexibility index (Phi) is 4.07. The number of alkyl halides is 3. The molecule has 1 amide bonds. The SMILES string of the molecule is CC(=O)NOc1cc(C(F)(F)F)c2c(-c3ccccc3)nn(C)c2n1. The lowest BCUT2D eigenvalue weighted by molar-refractivity contribution is -0.136. The van der Waals surface area contributed by atoms with Crippen molar-refractivity contribution in [1.29, 1.82) is 0 Å². The molecule has 3 aromatic rings. The number of amides is 1. The van der Waals surface area contributed by atoms with E-state index in [2.05, 4.69) is 10.1 Å². The van der Waals surface area contributed by atoms with Gasteiger partial charge in [-0.2, -0.15) is 28.7 Å². The zero-order chi connectivity index (χ0) is 18.2. The molecule has 0 radical (unpaired) electrons. The predicted octanol–water partition coefficient (Wildman–Crippen LogP) is 3.08. The number of nitrogens with one attached hydrogen (secondary N) is 1. The standard InChI is InChI=1S/C16H13F3N4O2/c1-9(24)22-25-12-8-11(16(17,18)19)13-14(10-6-4-3-5-7-10)21-23(2)15(13)20-12/h3-8H,1-2H3,(H,22,24). The Hall–Kier alpha value is -3.10. The highest BCUT2D eigenvalue weighted by Crippen LogP contribution is 2.40. The second kappa shape index (κ2) is 6.08. The van der Waals surface area contributed by atoms with Gasteiger partial charge < -0.3 is 4.84 Å². The predicted molar refractivity (Wildman–Crippen MR) is 83.4 cm³/mol. The third-order valence-electron chi connectivity index (χ3n) is 3.42. The van der Waals surface area contributed by atoms with Crippen molar-refractivity contribution in [1.82, 2.24) is 20.2 Å². The number of aryl methyl sites for hydroxylation is 1. The van der Waals surface area contributed by atoms with E-state index >= 15 is 0 Å². The van der Waals surface area contributed by atoms with E-state index in [0.717, 1.165) is 6.07 Å². The highest BCUT2D eigenvalue weighted by molar-refractivity contribution is 5.94. The van der Waals surface area contributed by atoms with Crippen molar-refractivity contribution in [2.24, 2.45) is 7.05 Å². The van der Waals surface area contributed by atoms with Gasteiger partial charge in [0, 0.05) is 25.6 Å². The van der Waals surface area contributed by atoms with Crippen molar-refractivity contribution >= 4 is 16.9 Å². The summed E-state index contributed by atoms with van der Waals surface area (Å²) in [7, 11) is 1.49. The molecular formula is C16H13F3N4O2. The van der Waals surface area contributed by atoms with Gasteiger partial charge in [-0.05, 0) is 0 Å². The van der Waals surface area contributed by atoms with Crippen LogP contribution in [0.1, 0.15) is 12.5 Å². The number of carbonyl (C=O) groups excluding carboxylic acids is 1. The zero-order valence-corrected chi connectivity index (χ0v) is 13.3. The fraction of sp³-hybridized carbons (Fsp3) is 0.188. The number of aromatic nitrogens is 3. The van der Waals surface area contributed by atoms with Gasteiger partial charge in [0.05, 0.1) is 10.9 Å². The monoisotopic (exact) mass is 350 g/mol. The van der Waals surface area contributed by atoms with Gasteiger partial charge in [-0.1, -0.05) is 30.3 Å². The van der Waals surface area contributed by atoms with Gasteiger partial charge >= 0.3 is 6.18 Å². The van der Waals surface area contributed by atoms with Crippen molar-refractivity contribution < 1.29 is 22.8 Å². The first-order chi connectivity index (χ1) is 11.8. The second-order valence-corrected chi connectivity index (χ2v) is 5.30. The van der Waals surface area contributed by atoms with E-state index in [1.165, 1.54) is 18.7 Å². The van der Waals surface area contributed by atoms with Crippen molar-refractivity contribution in [3.05, 3.63) is 42.0 Å². The molecule has 0 fully saturated rings. The smallest absolute Gasteiger partial charge is 0.359 e. The Morgan fingerprint density at radius 2 is 1.92 bits per heavy atom. The second-order valence-electron chi connectivity index (χ2n) is 5.30. The van der Waals surface area contributed by atoms with Crippen LogP contribution in [0.25, 0.3) is 22.3 Å². The summed E-state index contributed by atoms with van der Waals surface area (Å²) in [6.45, 7) is 1.17. The van der Waals surface area contributed by atoms with Crippen LogP contribution in [0.15, 0.2) is 36.4 Å². The normalized spacial score (nSPS) is 11.6. The molecule has 1 N–H and O–H groups in total. The summed E-state index contributed by atoms with van der Waals surface area (Å²) in [5.41, 5.74) is 1.73. The first-order valence-corrected chi connectivity index (χ1v) is 7.21. The number of benzene rings is 1. The summed E-state index contributed by atoms with van der Waals surface area (Å²) in [4.78, 5) is 19.8. The van der Waals surface area contributed by atoms with Crippen molar-refractivity contribution in [2.75, 3.05) is 0 Å². The fourth-order valence-electron chi connectivity index (χ4n) is 2.42. The van der Waals surface area contributed by atoms with Gasteiger partial charge in [-0.3, -0.25) is 4.79 Å². The number of hydroxylamine groups is 1. The van der Waals surface area contributed by atoms with Gasteiger partial charge in [0.25, 0.3) is 0 Å². The number of hydrogen-bond donors (Lipinski definition) is 1. The molecule has 0 aliphatic heterocycles. The Bertz CT molecular complexity index is 936. The molecule has 0 saturated carbocycles. The van der Waals surface area contributed by atoms with Crippen LogP contribution in [-0.2, 0) is 18.0 Å². The first-order valence-electron chi connectivity index (χ1n) is 7.21. The van der Waals surface area contributed by atoms with Crippen LogP contribution in [0.4, 0.5) is 13.2 Å². The Labute approximate surface area is 140 Å². The highest BCUT2D eigenvalue weighted by atomic mass is 19.4. The minimum Gasteiger partial charge on any atom is -0.359 e. The molecule has 130 valence electrons. The van der Waals surface area contributed by atoms with E-state index in [4.69, 9.17) is 4.84 Å². The van der Waals surface area contributed by atoms with Crippen LogP contribution >= 0.6 is 0 Å². The molecule has 0 unspecified atom stereocenters. The fourth-order valence-corrected chi connectivity index (χ4v) is 2.42. The maximum absolute atomic E-state index is 13.6. The summed E-state index contributed by atoms with van der Waals surface area (Å²) < 4.78 is 42.0. The van der Waals surface area contributed by atoms with Crippen LogP contribution in [0.2, 0.25) is 0 Å². The molecule has 3 rings (SSSR count). The average Bonchev–Trinajstić information content (AvgIpc) is 2.89. The maximum atomic E-state index is 13.6. The quantitative estimate of drug-likeness (QED) is 0.737. The lowest BCUT2D eigenvalue weighted by Crippen LogP contribution is -2.24. The molecule has 6 nitrogen and oxygen atoms in total. The molecule has 2 heterocycles. The number of rotatable bonds is 3. The van der Waals surface area contributed by atoms with E-state index in [0.29, 0.717) is 5.56 Å². The zero-order valence-electron chi connectivity index (χ0n) is 13.3. The Morgan fingerprint density at radius 1 is 1.24 bits per heavy atom. The maximum Gasteiger partial charge on any atom is 0.417 e. The lowest BCUT2D eigenvalue weighted by atomic mass is 10.1. The Balaban J connectivity index is 2.26. The molecule has 0 atom stereocenters. The molecule has 2 aromatic heterocycles. The highest BCUT2D eigenvalue weighted by Gasteiger charge is 2.36. The molecular weight excluding hydrogens is 337 g/mol. The van der Waals surface area contributed by atoms with E-state index in [1.54, 1.807) is 30.3 Å². The van der Waals surface area contributed by atoms with Crippen LogP contribution in [-0.4, -0.2) is 20.7 Å². The third-order valence-corrected chi connectivity index (χ3v) is 3.42. The topological polar surface area (TPSA) is 69.0 Å². The van der Waals surface area contributed by atoms with Gasteiger partial charge in [-0.15, -0.1) is 0 Å². The molecule has 25 heavy (non-hydrogen) atoms. The van der Waals surface area contributed by atoms with E-state index in [9.17, 15) is 18.0 Å². The summed E-state index contributed by atoms with van der Waals surface area (Å²) in [5, 5.41) is 4.05. The van der Waals surface area contributed by atoms with Gasteiger partial charge in [0.15, 0.2) is 5.65 Å². The average molecular weight is 350 g/mol. The number of pyridine rings is 1. The molecule has 0 spiro atoms. The minimum atomic E-state index is -4.65. The molecule has 0 saturated heterocycles.